The lowest BCUT2D eigenvalue weighted by Gasteiger charge is -2.18. The summed E-state index contributed by atoms with van der Waals surface area (Å²) < 4.78 is 11.2. The van der Waals surface area contributed by atoms with Gasteiger partial charge in [0.1, 0.15) is 6.54 Å². The summed E-state index contributed by atoms with van der Waals surface area (Å²) in [6.07, 6.45) is 0.660. The van der Waals surface area contributed by atoms with Crippen molar-refractivity contribution in [2.45, 2.75) is 26.8 Å². The molecule has 0 radical (unpaired) electrons. The molecule has 2 aromatic rings. The number of benzene rings is 2. The lowest BCUT2D eigenvalue weighted by Crippen LogP contribution is -2.40. The number of nitrogens with one attached hydrogen (secondary N) is 1. The van der Waals surface area contributed by atoms with Crippen molar-refractivity contribution in [1.29, 1.82) is 0 Å². The number of amides is 3. The van der Waals surface area contributed by atoms with Crippen LogP contribution in [0.1, 0.15) is 25.0 Å². The fourth-order valence-corrected chi connectivity index (χ4v) is 3.82. The number of carbonyl (C=O) groups is 2. The molecule has 0 unspecified atom stereocenters. The molecule has 172 valence electrons. The molecular weight excluding hydrogens is 430 g/mol. The topological polar surface area (TPSA) is 71.1 Å². The number of nitrogens with zero attached hydrogens (tertiary/aromatic N) is 2. The van der Waals surface area contributed by atoms with E-state index in [0.717, 1.165) is 16.9 Å². The van der Waals surface area contributed by atoms with E-state index in [1.807, 2.05) is 50.2 Å². The molecular formula is C24H30ClN3O4. The first-order valence-electron chi connectivity index (χ1n) is 10.9. The number of hydrogen-bond donors (Lipinski definition) is 1. The van der Waals surface area contributed by atoms with Gasteiger partial charge in [0.05, 0.1) is 13.2 Å². The molecule has 7 nitrogen and oxygen atoms in total. The third-order valence-corrected chi connectivity index (χ3v) is 5.36. The van der Waals surface area contributed by atoms with Crippen molar-refractivity contribution in [2.75, 3.05) is 39.4 Å². The molecule has 1 heterocycles. The Kier molecular flexibility index (Phi) is 8.62. The van der Waals surface area contributed by atoms with Crippen LogP contribution in [-0.2, 0) is 17.8 Å². The zero-order valence-electron chi connectivity index (χ0n) is 18.6. The van der Waals surface area contributed by atoms with Gasteiger partial charge >= 0.3 is 6.03 Å². The third kappa shape index (κ3) is 6.53. The largest absolute Gasteiger partial charge is 0.490 e. The van der Waals surface area contributed by atoms with E-state index in [0.29, 0.717) is 56.6 Å². The summed E-state index contributed by atoms with van der Waals surface area (Å²) >= 11 is 6.02. The van der Waals surface area contributed by atoms with Gasteiger partial charge in [-0.1, -0.05) is 29.8 Å². The summed E-state index contributed by atoms with van der Waals surface area (Å²) in [5.74, 6) is 1.26. The van der Waals surface area contributed by atoms with E-state index in [9.17, 15) is 9.59 Å². The number of urea groups is 1. The van der Waals surface area contributed by atoms with Crippen LogP contribution >= 0.6 is 11.6 Å². The lowest BCUT2D eigenvalue weighted by atomic mass is 10.1. The molecule has 0 atom stereocenters. The normalized spacial score (nSPS) is 13.4. The molecule has 1 saturated heterocycles. The van der Waals surface area contributed by atoms with Gasteiger partial charge in [-0.15, -0.1) is 0 Å². The second-order valence-corrected chi connectivity index (χ2v) is 7.94. The van der Waals surface area contributed by atoms with Crippen LogP contribution in [0, 0.1) is 0 Å². The first kappa shape index (κ1) is 23.7. The van der Waals surface area contributed by atoms with Crippen molar-refractivity contribution in [3.63, 3.8) is 0 Å². The Morgan fingerprint density at radius 1 is 1.00 bits per heavy atom. The number of hydrogen-bond acceptors (Lipinski definition) is 4. The molecule has 0 bridgehead atoms. The second kappa shape index (κ2) is 11.6. The highest BCUT2D eigenvalue weighted by Gasteiger charge is 2.29. The first-order chi connectivity index (χ1) is 15.5. The van der Waals surface area contributed by atoms with Gasteiger partial charge in [0.15, 0.2) is 11.5 Å². The zero-order chi connectivity index (χ0) is 22.9. The van der Waals surface area contributed by atoms with Crippen LogP contribution in [-0.4, -0.2) is 61.1 Å². The van der Waals surface area contributed by atoms with Crippen LogP contribution in [0.3, 0.4) is 0 Å². The highest BCUT2D eigenvalue weighted by molar-refractivity contribution is 6.30. The maximum atomic E-state index is 12.6. The summed E-state index contributed by atoms with van der Waals surface area (Å²) in [5.41, 5.74) is 2.01. The number of carbonyl (C=O) groups excluding carboxylic acids is 2. The minimum Gasteiger partial charge on any atom is -0.490 e. The monoisotopic (exact) mass is 459 g/mol. The maximum Gasteiger partial charge on any atom is 0.320 e. The van der Waals surface area contributed by atoms with Gasteiger partial charge < -0.3 is 24.6 Å². The Morgan fingerprint density at radius 3 is 2.50 bits per heavy atom. The predicted octanol–water partition coefficient (Wildman–Crippen LogP) is 3.73. The van der Waals surface area contributed by atoms with E-state index in [1.54, 1.807) is 15.9 Å². The summed E-state index contributed by atoms with van der Waals surface area (Å²) in [4.78, 5) is 28.3. The van der Waals surface area contributed by atoms with Gasteiger partial charge in [0.2, 0.25) is 5.91 Å². The van der Waals surface area contributed by atoms with Crippen LogP contribution in [0.4, 0.5) is 4.79 Å². The van der Waals surface area contributed by atoms with E-state index in [4.69, 9.17) is 21.1 Å². The predicted molar refractivity (Wildman–Crippen MR) is 124 cm³/mol. The Balaban J connectivity index is 1.45. The van der Waals surface area contributed by atoms with Crippen molar-refractivity contribution >= 4 is 23.5 Å². The lowest BCUT2D eigenvalue weighted by molar-refractivity contribution is -0.121. The molecule has 0 saturated carbocycles. The molecule has 2 aromatic carbocycles. The SMILES string of the molecule is CCOc1ccc(CCNC(=O)CN2CCN(Cc3cccc(Cl)c3)C2=O)cc1OCC. The van der Waals surface area contributed by atoms with Crippen LogP contribution in [0.5, 0.6) is 11.5 Å². The van der Waals surface area contributed by atoms with E-state index in [1.165, 1.54) is 0 Å². The average molecular weight is 460 g/mol. The minimum atomic E-state index is -0.168. The number of rotatable bonds is 11. The molecule has 1 N–H and O–H groups in total. The fourth-order valence-electron chi connectivity index (χ4n) is 3.61. The molecule has 0 aliphatic carbocycles. The van der Waals surface area contributed by atoms with Crippen molar-refractivity contribution in [2.24, 2.45) is 0 Å². The zero-order valence-corrected chi connectivity index (χ0v) is 19.4. The Labute approximate surface area is 194 Å². The summed E-state index contributed by atoms with van der Waals surface area (Å²) in [6, 6.07) is 13.1. The fraction of sp³-hybridized carbons (Fsp3) is 0.417. The molecule has 0 spiro atoms. The Morgan fingerprint density at radius 2 is 1.75 bits per heavy atom. The highest BCUT2D eigenvalue weighted by atomic mass is 35.5. The smallest absolute Gasteiger partial charge is 0.320 e. The maximum absolute atomic E-state index is 12.6. The molecule has 3 amide bonds. The average Bonchev–Trinajstić information content (AvgIpc) is 3.09. The molecule has 8 heteroatoms. The second-order valence-electron chi connectivity index (χ2n) is 7.50. The van der Waals surface area contributed by atoms with Crippen molar-refractivity contribution in [3.05, 3.63) is 58.6 Å². The van der Waals surface area contributed by atoms with Crippen molar-refractivity contribution < 1.29 is 19.1 Å². The van der Waals surface area contributed by atoms with Gasteiger partial charge in [-0.3, -0.25) is 4.79 Å². The summed E-state index contributed by atoms with van der Waals surface area (Å²) in [6.45, 7) is 7.12. The Bertz CT molecular complexity index is 937. The number of ether oxygens (including phenoxy) is 2. The first-order valence-corrected chi connectivity index (χ1v) is 11.3. The van der Waals surface area contributed by atoms with E-state index in [2.05, 4.69) is 5.32 Å². The van der Waals surface area contributed by atoms with Gasteiger partial charge in [-0.25, -0.2) is 4.79 Å². The van der Waals surface area contributed by atoms with Gasteiger partial charge in [-0.2, -0.15) is 0 Å². The molecule has 0 aromatic heterocycles. The van der Waals surface area contributed by atoms with Crippen LogP contribution in [0.2, 0.25) is 5.02 Å². The highest BCUT2D eigenvalue weighted by Crippen LogP contribution is 2.28. The Hall–Kier alpha value is -2.93. The number of halogens is 1. The van der Waals surface area contributed by atoms with E-state index in [-0.39, 0.29) is 18.5 Å². The summed E-state index contributed by atoms with van der Waals surface area (Å²) in [7, 11) is 0. The van der Waals surface area contributed by atoms with Gasteiger partial charge in [0, 0.05) is 31.2 Å². The van der Waals surface area contributed by atoms with E-state index < -0.39 is 0 Å². The molecule has 1 aliphatic heterocycles. The molecule has 1 aliphatic rings. The van der Waals surface area contributed by atoms with Crippen LogP contribution in [0.25, 0.3) is 0 Å². The van der Waals surface area contributed by atoms with Crippen molar-refractivity contribution in [3.8, 4) is 11.5 Å². The summed E-state index contributed by atoms with van der Waals surface area (Å²) in [5, 5.41) is 3.55. The molecule has 3 rings (SSSR count). The van der Waals surface area contributed by atoms with Gasteiger partial charge in [0.25, 0.3) is 0 Å². The quantitative estimate of drug-likeness (QED) is 0.555. The minimum absolute atomic E-state index is 0.0539. The van der Waals surface area contributed by atoms with E-state index >= 15 is 0 Å². The van der Waals surface area contributed by atoms with Crippen molar-refractivity contribution in [1.82, 2.24) is 15.1 Å². The standard InChI is InChI=1S/C24H30ClN3O4/c1-3-31-21-9-8-18(15-22(21)32-4-2)10-11-26-23(29)17-28-13-12-27(24(28)30)16-19-6-5-7-20(25)14-19/h5-9,14-15H,3-4,10-13,16-17H2,1-2H3,(H,26,29). The van der Waals surface area contributed by atoms with Gasteiger partial charge in [-0.05, 0) is 55.7 Å². The van der Waals surface area contributed by atoms with Crippen LogP contribution < -0.4 is 14.8 Å². The van der Waals surface area contributed by atoms with Crippen LogP contribution in [0.15, 0.2) is 42.5 Å². The third-order valence-electron chi connectivity index (χ3n) is 5.12. The molecule has 1 fully saturated rings. The molecule has 32 heavy (non-hydrogen) atoms.